The summed E-state index contributed by atoms with van der Waals surface area (Å²) < 4.78 is 25.5. The van der Waals surface area contributed by atoms with E-state index in [1.165, 1.54) is 12.4 Å². The van der Waals surface area contributed by atoms with Crippen LogP contribution in [0.5, 0.6) is 0 Å². The molecule has 0 aromatic carbocycles. The van der Waals surface area contributed by atoms with Crippen molar-refractivity contribution in [3.8, 4) is 0 Å². The second-order valence-corrected chi connectivity index (χ2v) is 4.68. The standard InChI is InChI=1S/C7H13N3O3S/c1-6(2-3-11)10-14(12,13)7-4-8-9-5-7/h4-6,10-11H,2-3H2,1H3,(H,8,9). The van der Waals surface area contributed by atoms with Crippen molar-refractivity contribution in [3.05, 3.63) is 12.4 Å². The number of aliphatic hydroxyl groups is 1. The minimum atomic E-state index is -3.49. The van der Waals surface area contributed by atoms with Gasteiger partial charge in [-0.05, 0) is 13.3 Å². The monoisotopic (exact) mass is 219 g/mol. The molecule has 0 saturated carbocycles. The molecule has 1 aromatic rings. The van der Waals surface area contributed by atoms with Gasteiger partial charge in [0, 0.05) is 18.8 Å². The lowest BCUT2D eigenvalue weighted by atomic mass is 10.3. The van der Waals surface area contributed by atoms with Crippen LogP contribution in [0, 0.1) is 0 Å². The molecule has 3 N–H and O–H groups in total. The van der Waals surface area contributed by atoms with Crippen LogP contribution >= 0.6 is 0 Å². The molecule has 1 unspecified atom stereocenters. The molecule has 1 heterocycles. The van der Waals surface area contributed by atoms with Gasteiger partial charge in [-0.1, -0.05) is 0 Å². The van der Waals surface area contributed by atoms with Gasteiger partial charge in [-0.25, -0.2) is 13.1 Å². The van der Waals surface area contributed by atoms with Gasteiger partial charge in [-0.2, -0.15) is 5.10 Å². The van der Waals surface area contributed by atoms with Crippen molar-refractivity contribution >= 4 is 10.0 Å². The predicted octanol–water partition coefficient (Wildman–Crippen LogP) is -0.541. The van der Waals surface area contributed by atoms with Crippen LogP contribution in [0.1, 0.15) is 13.3 Å². The average molecular weight is 219 g/mol. The number of nitrogens with one attached hydrogen (secondary N) is 2. The van der Waals surface area contributed by atoms with Gasteiger partial charge in [-0.15, -0.1) is 0 Å². The van der Waals surface area contributed by atoms with E-state index >= 15 is 0 Å². The number of aromatic nitrogens is 2. The van der Waals surface area contributed by atoms with Gasteiger partial charge in [-0.3, -0.25) is 5.10 Å². The number of aromatic amines is 1. The van der Waals surface area contributed by atoms with Crippen molar-refractivity contribution in [2.45, 2.75) is 24.3 Å². The average Bonchev–Trinajstić information content (AvgIpc) is 2.54. The van der Waals surface area contributed by atoms with E-state index in [1.807, 2.05) is 0 Å². The van der Waals surface area contributed by atoms with Crippen LogP contribution < -0.4 is 4.72 Å². The number of hydrogen-bond acceptors (Lipinski definition) is 4. The first-order valence-corrected chi connectivity index (χ1v) is 5.66. The molecule has 80 valence electrons. The molecule has 0 fully saturated rings. The van der Waals surface area contributed by atoms with Crippen LogP contribution in [0.25, 0.3) is 0 Å². The summed E-state index contributed by atoms with van der Waals surface area (Å²) in [6.45, 7) is 1.64. The summed E-state index contributed by atoms with van der Waals surface area (Å²) in [5.41, 5.74) is 0. The molecule has 1 atom stereocenters. The third-order valence-corrected chi connectivity index (χ3v) is 3.26. The predicted molar refractivity (Wildman–Crippen MR) is 50.1 cm³/mol. The second-order valence-electron chi connectivity index (χ2n) is 2.97. The zero-order valence-electron chi connectivity index (χ0n) is 7.77. The van der Waals surface area contributed by atoms with Crippen molar-refractivity contribution in [1.29, 1.82) is 0 Å². The maximum absolute atomic E-state index is 11.5. The van der Waals surface area contributed by atoms with Gasteiger partial charge in [0.2, 0.25) is 10.0 Å². The van der Waals surface area contributed by atoms with Crippen molar-refractivity contribution in [1.82, 2.24) is 14.9 Å². The van der Waals surface area contributed by atoms with Crippen molar-refractivity contribution < 1.29 is 13.5 Å². The zero-order chi connectivity index (χ0) is 10.6. The number of hydrogen-bond donors (Lipinski definition) is 3. The summed E-state index contributed by atoms with van der Waals surface area (Å²) in [5, 5.41) is 14.6. The van der Waals surface area contributed by atoms with Gasteiger partial charge in [0.15, 0.2) is 0 Å². The Balaban J connectivity index is 2.68. The molecule has 0 amide bonds. The fourth-order valence-corrected chi connectivity index (χ4v) is 2.15. The fraction of sp³-hybridized carbons (Fsp3) is 0.571. The third kappa shape index (κ3) is 2.79. The molecular weight excluding hydrogens is 206 g/mol. The normalized spacial score (nSPS) is 14.1. The molecule has 7 heteroatoms. The van der Waals surface area contributed by atoms with Crippen LogP contribution in [0.3, 0.4) is 0 Å². The Morgan fingerprint density at radius 1 is 1.71 bits per heavy atom. The fourth-order valence-electron chi connectivity index (χ4n) is 0.971. The summed E-state index contributed by atoms with van der Waals surface area (Å²) in [4.78, 5) is 0.0993. The topological polar surface area (TPSA) is 95.1 Å². The lowest BCUT2D eigenvalue weighted by Crippen LogP contribution is -2.33. The molecule has 1 rings (SSSR count). The van der Waals surface area contributed by atoms with E-state index in [0.29, 0.717) is 6.42 Å². The molecule has 0 radical (unpaired) electrons. The van der Waals surface area contributed by atoms with Gasteiger partial charge in [0.25, 0.3) is 0 Å². The molecule has 0 spiro atoms. The minimum absolute atomic E-state index is 0.0466. The Kier molecular flexibility index (Phi) is 3.62. The van der Waals surface area contributed by atoms with E-state index in [9.17, 15) is 8.42 Å². The Morgan fingerprint density at radius 3 is 2.93 bits per heavy atom. The Bertz CT molecular complexity index is 360. The largest absolute Gasteiger partial charge is 0.396 e. The zero-order valence-corrected chi connectivity index (χ0v) is 8.58. The van der Waals surface area contributed by atoms with Crippen LogP contribution in [-0.4, -0.2) is 36.4 Å². The molecule has 0 aliphatic rings. The van der Waals surface area contributed by atoms with Gasteiger partial charge >= 0.3 is 0 Å². The molecule has 6 nitrogen and oxygen atoms in total. The second kappa shape index (κ2) is 4.54. The smallest absolute Gasteiger partial charge is 0.243 e. The maximum Gasteiger partial charge on any atom is 0.243 e. The van der Waals surface area contributed by atoms with E-state index in [1.54, 1.807) is 6.92 Å². The quantitative estimate of drug-likeness (QED) is 0.619. The molecular formula is C7H13N3O3S. The van der Waals surface area contributed by atoms with Crippen LogP contribution in [0.2, 0.25) is 0 Å². The summed E-state index contributed by atoms with van der Waals surface area (Å²) in [6, 6.07) is -0.292. The van der Waals surface area contributed by atoms with Gasteiger partial charge < -0.3 is 5.11 Å². The van der Waals surface area contributed by atoms with E-state index in [4.69, 9.17) is 5.11 Å². The van der Waals surface area contributed by atoms with Crippen LogP contribution in [-0.2, 0) is 10.0 Å². The number of H-pyrrole nitrogens is 1. The lowest BCUT2D eigenvalue weighted by molar-refractivity contribution is 0.275. The van der Waals surface area contributed by atoms with Gasteiger partial charge in [0.1, 0.15) is 4.90 Å². The highest BCUT2D eigenvalue weighted by atomic mass is 32.2. The van der Waals surface area contributed by atoms with E-state index < -0.39 is 10.0 Å². The summed E-state index contributed by atoms with van der Waals surface area (Å²) in [5.74, 6) is 0. The van der Waals surface area contributed by atoms with Crippen molar-refractivity contribution in [2.75, 3.05) is 6.61 Å². The molecule has 0 aliphatic heterocycles. The summed E-state index contributed by atoms with van der Waals surface area (Å²) in [6.07, 6.45) is 2.92. The number of sulfonamides is 1. The number of rotatable bonds is 5. The van der Waals surface area contributed by atoms with E-state index in [-0.39, 0.29) is 17.5 Å². The Hall–Kier alpha value is -0.920. The first-order chi connectivity index (χ1) is 6.56. The third-order valence-electron chi connectivity index (χ3n) is 1.70. The molecule has 0 bridgehead atoms. The highest BCUT2D eigenvalue weighted by molar-refractivity contribution is 7.89. The first-order valence-electron chi connectivity index (χ1n) is 4.18. The van der Waals surface area contributed by atoms with Crippen LogP contribution in [0.4, 0.5) is 0 Å². The Morgan fingerprint density at radius 2 is 2.43 bits per heavy atom. The van der Waals surface area contributed by atoms with Crippen LogP contribution in [0.15, 0.2) is 17.3 Å². The molecule has 14 heavy (non-hydrogen) atoms. The van der Waals surface area contributed by atoms with Gasteiger partial charge in [0.05, 0.1) is 6.20 Å². The summed E-state index contributed by atoms with van der Waals surface area (Å²) >= 11 is 0. The minimum Gasteiger partial charge on any atom is -0.396 e. The molecule has 0 aliphatic carbocycles. The van der Waals surface area contributed by atoms with E-state index in [2.05, 4.69) is 14.9 Å². The van der Waals surface area contributed by atoms with E-state index in [0.717, 1.165) is 0 Å². The number of aliphatic hydroxyl groups excluding tert-OH is 1. The first kappa shape index (κ1) is 11.2. The highest BCUT2D eigenvalue weighted by Crippen LogP contribution is 2.05. The van der Waals surface area contributed by atoms with Crippen molar-refractivity contribution in [3.63, 3.8) is 0 Å². The molecule has 1 aromatic heterocycles. The molecule has 0 saturated heterocycles. The summed E-state index contributed by atoms with van der Waals surface area (Å²) in [7, 11) is -3.49. The maximum atomic E-state index is 11.5. The van der Waals surface area contributed by atoms with Crippen molar-refractivity contribution in [2.24, 2.45) is 0 Å². The Labute approximate surface area is 82.4 Å². The number of nitrogens with zero attached hydrogens (tertiary/aromatic N) is 1. The lowest BCUT2D eigenvalue weighted by Gasteiger charge is -2.11. The SMILES string of the molecule is CC(CCO)NS(=O)(=O)c1cn[nH]c1. The highest BCUT2D eigenvalue weighted by Gasteiger charge is 2.17.